The molecule has 8 heteroatoms. The topological polar surface area (TPSA) is 86.6 Å². The van der Waals surface area contributed by atoms with Crippen molar-refractivity contribution in [1.29, 1.82) is 0 Å². The number of halogens is 1. The normalized spacial score (nSPS) is 14.9. The van der Waals surface area contributed by atoms with Gasteiger partial charge in [-0.1, -0.05) is 23.7 Å². The highest BCUT2D eigenvalue weighted by atomic mass is 35.5. The van der Waals surface area contributed by atoms with Gasteiger partial charge in [0, 0.05) is 6.20 Å². The van der Waals surface area contributed by atoms with E-state index in [0.29, 0.717) is 17.8 Å². The van der Waals surface area contributed by atoms with Crippen molar-refractivity contribution in [2.75, 3.05) is 12.4 Å². The van der Waals surface area contributed by atoms with Gasteiger partial charge in [-0.05, 0) is 31.2 Å². The number of nitrogens with zero attached hydrogens (tertiary/aromatic N) is 1. The molecule has 1 aliphatic heterocycles. The van der Waals surface area contributed by atoms with E-state index >= 15 is 0 Å². The maximum Gasteiger partial charge on any atom is 0.339 e. The summed E-state index contributed by atoms with van der Waals surface area (Å²) < 4.78 is 12.3. The zero-order chi connectivity index (χ0) is 20.7. The molecular formula is C21H17ClN2O5. The molecule has 0 saturated carbocycles. The first-order valence-corrected chi connectivity index (χ1v) is 9.29. The fraction of sp³-hybridized carbons (Fsp3) is 0.190. The summed E-state index contributed by atoms with van der Waals surface area (Å²) in [6.45, 7) is 2.36. The van der Waals surface area contributed by atoms with Gasteiger partial charge in [-0.15, -0.1) is 0 Å². The van der Waals surface area contributed by atoms with E-state index in [-0.39, 0.29) is 33.3 Å². The van der Waals surface area contributed by atoms with Gasteiger partial charge in [-0.3, -0.25) is 9.59 Å². The van der Waals surface area contributed by atoms with Crippen LogP contribution in [0, 0.1) is 0 Å². The number of ether oxygens (including phenoxy) is 2. The quantitative estimate of drug-likeness (QED) is 0.665. The van der Waals surface area contributed by atoms with Gasteiger partial charge >= 0.3 is 5.97 Å². The highest BCUT2D eigenvalue weighted by Crippen LogP contribution is 2.33. The second kappa shape index (κ2) is 7.25. The highest BCUT2D eigenvalue weighted by molar-refractivity contribution is 6.35. The molecule has 1 aliphatic rings. The van der Waals surface area contributed by atoms with E-state index in [1.807, 2.05) is 6.92 Å². The van der Waals surface area contributed by atoms with Crippen LogP contribution in [0.4, 0.5) is 5.69 Å². The van der Waals surface area contributed by atoms with Crippen molar-refractivity contribution in [2.45, 2.75) is 19.6 Å². The average molecular weight is 413 g/mol. The molecule has 2 heterocycles. The number of amides is 1. The lowest BCUT2D eigenvalue weighted by molar-refractivity contribution is 0.0602. The molecule has 1 aromatic heterocycles. The summed E-state index contributed by atoms with van der Waals surface area (Å²) in [5.74, 6) is -0.689. The van der Waals surface area contributed by atoms with Crippen molar-refractivity contribution >= 4 is 40.1 Å². The standard InChI is InChI=1S/C21H17ClN2O5/c1-11-9-24-10-13(19(25)17-14(22)7-8-16(29-11)18(17)24)20(26)23-15-6-4-3-5-12(15)21(27)28-2/h3-8,10-11H,9H2,1-2H3,(H,23,26)/t11-/m0/s1. The fourth-order valence-corrected chi connectivity index (χ4v) is 3.70. The summed E-state index contributed by atoms with van der Waals surface area (Å²) in [4.78, 5) is 38.0. The van der Waals surface area contributed by atoms with Gasteiger partial charge in [0.2, 0.25) is 5.43 Å². The van der Waals surface area contributed by atoms with Crippen molar-refractivity contribution in [3.8, 4) is 5.75 Å². The predicted octanol–water partition coefficient (Wildman–Crippen LogP) is 3.47. The number of nitrogens with one attached hydrogen (secondary N) is 1. The molecule has 1 atom stereocenters. The Kier molecular flexibility index (Phi) is 4.76. The summed E-state index contributed by atoms with van der Waals surface area (Å²) in [5.41, 5.74) is 0.415. The summed E-state index contributed by atoms with van der Waals surface area (Å²) in [7, 11) is 1.25. The number of pyridine rings is 1. The molecule has 0 unspecified atom stereocenters. The van der Waals surface area contributed by atoms with Gasteiger partial charge in [0.05, 0.1) is 40.8 Å². The zero-order valence-electron chi connectivity index (χ0n) is 15.7. The van der Waals surface area contributed by atoms with E-state index < -0.39 is 17.3 Å². The summed E-state index contributed by atoms with van der Waals surface area (Å²) in [6, 6.07) is 9.70. The van der Waals surface area contributed by atoms with Gasteiger partial charge in [0.25, 0.3) is 5.91 Å². The summed E-state index contributed by atoms with van der Waals surface area (Å²) in [5, 5.41) is 3.10. The maximum absolute atomic E-state index is 13.1. The van der Waals surface area contributed by atoms with Crippen molar-refractivity contribution in [3.63, 3.8) is 0 Å². The number of methoxy groups -OCH3 is 1. The minimum Gasteiger partial charge on any atom is -0.487 e. The van der Waals surface area contributed by atoms with Crippen molar-refractivity contribution in [2.24, 2.45) is 0 Å². The lowest BCUT2D eigenvalue weighted by Gasteiger charge is -2.26. The van der Waals surface area contributed by atoms with Crippen LogP contribution in [0.1, 0.15) is 27.6 Å². The van der Waals surface area contributed by atoms with Crippen LogP contribution in [0.3, 0.4) is 0 Å². The van der Waals surface area contributed by atoms with Gasteiger partial charge in [0.1, 0.15) is 17.4 Å². The van der Waals surface area contributed by atoms with E-state index in [1.54, 1.807) is 34.9 Å². The second-order valence-corrected chi connectivity index (χ2v) is 7.12. The van der Waals surface area contributed by atoms with E-state index in [2.05, 4.69) is 5.32 Å². The van der Waals surface area contributed by atoms with Crippen LogP contribution < -0.4 is 15.5 Å². The SMILES string of the molecule is COC(=O)c1ccccc1NC(=O)c1cn2c3c(ccc(Cl)c3c1=O)O[C@@H](C)C2. The predicted molar refractivity (Wildman–Crippen MR) is 109 cm³/mol. The largest absolute Gasteiger partial charge is 0.487 e. The van der Waals surface area contributed by atoms with Crippen molar-refractivity contribution < 1.29 is 19.1 Å². The van der Waals surface area contributed by atoms with Crippen LogP contribution in [0.25, 0.3) is 10.9 Å². The van der Waals surface area contributed by atoms with Gasteiger partial charge in [0.15, 0.2) is 0 Å². The fourth-order valence-electron chi connectivity index (χ4n) is 3.46. The Bertz CT molecular complexity index is 1220. The molecule has 4 rings (SSSR count). The van der Waals surface area contributed by atoms with Crippen molar-refractivity contribution in [3.05, 3.63) is 69.0 Å². The Balaban J connectivity index is 1.83. The molecule has 148 valence electrons. The van der Waals surface area contributed by atoms with Crippen molar-refractivity contribution in [1.82, 2.24) is 4.57 Å². The van der Waals surface area contributed by atoms with Crippen LogP contribution in [0.5, 0.6) is 5.75 Å². The Morgan fingerprint density at radius 1 is 1.21 bits per heavy atom. The lowest BCUT2D eigenvalue weighted by Crippen LogP contribution is -2.30. The highest BCUT2D eigenvalue weighted by Gasteiger charge is 2.25. The van der Waals surface area contributed by atoms with Crippen LogP contribution in [-0.2, 0) is 11.3 Å². The molecule has 0 saturated heterocycles. The molecule has 2 aromatic carbocycles. The minimum absolute atomic E-state index is 0.0784. The second-order valence-electron chi connectivity index (χ2n) is 6.71. The first-order chi connectivity index (χ1) is 13.9. The molecule has 0 bridgehead atoms. The first-order valence-electron chi connectivity index (χ1n) is 8.91. The van der Waals surface area contributed by atoms with Gasteiger partial charge in [-0.25, -0.2) is 4.79 Å². The third kappa shape index (κ3) is 3.23. The molecule has 3 aromatic rings. The average Bonchev–Trinajstić information content (AvgIpc) is 2.71. The Morgan fingerprint density at radius 3 is 2.72 bits per heavy atom. The Hall–Kier alpha value is -3.32. The number of hydrogen-bond donors (Lipinski definition) is 1. The van der Waals surface area contributed by atoms with Crippen LogP contribution in [-0.4, -0.2) is 29.7 Å². The maximum atomic E-state index is 13.1. The number of carbonyl (C=O) groups excluding carboxylic acids is 2. The molecule has 29 heavy (non-hydrogen) atoms. The number of aromatic nitrogens is 1. The number of anilines is 1. The first kappa shape index (κ1) is 19.0. The van der Waals surface area contributed by atoms with E-state index in [0.717, 1.165) is 0 Å². The number of carbonyl (C=O) groups is 2. The molecular weight excluding hydrogens is 396 g/mol. The third-order valence-electron chi connectivity index (χ3n) is 4.74. The molecule has 0 spiro atoms. The van der Waals surface area contributed by atoms with E-state index in [4.69, 9.17) is 21.1 Å². The summed E-state index contributed by atoms with van der Waals surface area (Å²) in [6.07, 6.45) is 1.37. The number of hydrogen-bond acceptors (Lipinski definition) is 5. The number of para-hydroxylation sites is 1. The van der Waals surface area contributed by atoms with Crippen LogP contribution in [0.2, 0.25) is 5.02 Å². The van der Waals surface area contributed by atoms with Crippen LogP contribution >= 0.6 is 11.6 Å². The smallest absolute Gasteiger partial charge is 0.339 e. The Labute approximate surface area is 170 Å². The Morgan fingerprint density at radius 2 is 1.97 bits per heavy atom. The molecule has 1 amide bonds. The molecule has 0 aliphatic carbocycles. The molecule has 1 N–H and O–H groups in total. The molecule has 0 radical (unpaired) electrons. The number of rotatable bonds is 3. The molecule has 7 nitrogen and oxygen atoms in total. The van der Waals surface area contributed by atoms with Gasteiger partial charge < -0.3 is 19.4 Å². The molecule has 0 fully saturated rings. The van der Waals surface area contributed by atoms with E-state index in [1.165, 1.54) is 19.4 Å². The number of benzene rings is 2. The van der Waals surface area contributed by atoms with E-state index in [9.17, 15) is 14.4 Å². The number of esters is 1. The minimum atomic E-state index is -0.641. The lowest BCUT2D eigenvalue weighted by atomic mass is 10.1. The zero-order valence-corrected chi connectivity index (χ0v) is 16.4. The third-order valence-corrected chi connectivity index (χ3v) is 5.06. The van der Waals surface area contributed by atoms with Crippen LogP contribution in [0.15, 0.2) is 47.4 Å². The summed E-state index contributed by atoms with van der Waals surface area (Å²) >= 11 is 6.28. The monoisotopic (exact) mass is 412 g/mol. The van der Waals surface area contributed by atoms with Gasteiger partial charge in [-0.2, -0.15) is 0 Å².